The fraction of sp³-hybridized carbons (Fsp3) is 0.455. The minimum atomic E-state index is -1.22. The first-order chi connectivity index (χ1) is 8.11. The monoisotopic (exact) mass is 326 g/mol. The molecule has 1 aliphatic rings. The summed E-state index contributed by atoms with van der Waals surface area (Å²) >= 11 is 8.90. The zero-order valence-corrected chi connectivity index (χ0v) is 11.1. The van der Waals surface area contributed by atoms with Gasteiger partial charge in [0.1, 0.15) is 11.6 Å². The smallest absolute Gasteiger partial charge is 0.208 e. The molecular weight excluding hydrogens is 317 g/mol. The van der Waals surface area contributed by atoms with E-state index in [4.69, 9.17) is 21.1 Å². The van der Waals surface area contributed by atoms with E-state index >= 15 is 0 Å². The Bertz CT molecular complexity index is 418. The summed E-state index contributed by atoms with van der Waals surface area (Å²) in [6.45, 7) is 0.284. The van der Waals surface area contributed by atoms with Crippen LogP contribution >= 0.6 is 27.5 Å². The van der Waals surface area contributed by atoms with Crippen molar-refractivity contribution in [3.63, 3.8) is 0 Å². The van der Waals surface area contributed by atoms with Crippen LogP contribution in [0, 0.1) is 11.6 Å². The molecule has 1 aromatic rings. The van der Waals surface area contributed by atoms with E-state index in [2.05, 4.69) is 15.9 Å². The molecule has 94 valence electrons. The van der Waals surface area contributed by atoms with Crippen molar-refractivity contribution in [3.8, 4) is 0 Å². The van der Waals surface area contributed by atoms with E-state index in [0.717, 1.165) is 6.07 Å². The van der Waals surface area contributed by atoms with Crippen LogP contribution in [0.15, 0.2) is 18.2 Å². The quantitative estimate of drug-likeness (QED) is 0.794. The average Bonchev–Trinajstić information content (AvgIpc) is 2.74. The fourth-order valence-electron chi connectivity index (χ4n) is 1.72. The predicted octanol–water partition coefficient (Wildman–Crippen LogP) is 3.17. The van der Waals surface area contributed by atoms with Gasteiger partial charge in [0.05, 0.1) is 23.9 Å². The van der Waals surface area contributed by atoms with Gasteiger partial charge in [0.15, 0.2) is 0 Å². The topological polar surface area (TPSA) is 18.5 Å². The van der Waals surface area contributed by atoms with Gasteiger partial charge in [-0.3, -0.25) is 0 Å². The summed E-state index contributed by atoms with van der Waals surface area (Å²) in [6.07, 6.45) is -0.293. The van der Waals surface area contributed by atoms with E-state index in [1.54, 1.807) is 0 Å². The van der Waals surface area contributed by atoms with Gasteiger partial charge in [0.25, 0.3) is 0 Å². The lowest BCUT2D eigenvalue weighted by atomic mass is 10.1. The number of halogens is 4. The van der Waals surface area contributed by atoms with Gasteiger partial charge in [0.2, 0.25) is 5.79 Å². The van der Waals surface area contributed by atoms with Crippen LogP contribution in [0.1, 0.15) is 5.56 Å². The second kappa shape index (κ2) is 5.18. The lowest BCUT2D eigenvalue weighted by molar-refractivity contribution is -0.156. The Morgan fingerprint density at radius 2 is 2.24 bits per heavy atom. The predicted molar refractivity (Wildman–Crippen MR) is 63.4 cm³/mol. The zero-order valence-electron chi connectivity index (χ0n) is 8.76. The maximum Gasteiger partial charge on any atom is 0.208 e. The Kier molecular flexibility index (Phi) is 4.02. The van der Waals surface area contributed by atoms with Crippen LogP contribution in [-0.2, 0) is 15.3 Å². The summed E-state index contributed by atoms with van der Waals surface area (Å²) in [6, 6.07) is 3.30. The van der Waals surface area contributed by atoms with Crippen LogP contribution < -0.4 is 0 Å². The van der Waals surface area contributed by atoms with Crippen molar-refractivity contribution < 1.29 is 18.3 Å². The molecule has 0 radical (unpaired) electrons. The van der Waals surface area contributed by atoms with Crippen molar-refractivity contribution in [2.75, 3.05) is 17.8 Å². The molecule has 6 heteroatoms. The molecule has 0 amide bonds. The Hall–Kier alpha value is -0.230. The summed E-state index contributed by atoms with van der Waals surface area (Å²) < 4.78 is 37.6. The van der Waals surface area contributed by atoms with Crippen LogP contribution in [-0.4, -0.2) is 23.9 Å². The highest BCUT2D eigenvalue weighted by atomic mass is 79.9. The van der Waals surface area contributed by atoms with Crippen molar-refractivity contribution in [2.45, 2.75) is 11.9 Å². The third kappa shape index (κ3) is 2.47. The molecule has 1 fully saturated rings. The number of alkyl halides is 2. The summed E-state index contributed by atoms with van der Waals surface area (Å²) in [5.41, 5.74) is 0.170. The molecule has 0 unspecified atom stereocenters. The molecule has 1 aromatic carbocycles. The molecule has 0 N–H and O–H groups in total. The fourth-order valence-corrected chi connectivity index (χ4v) is 2.47. The zero-order chi connectivity index (χ0) is 12.5. The molecule has 0 bridgehead atoms. The van der Waals surface area contributed by atoms with Gasteiger partial charge in [-0.25, -0.2) is 8.78 Å². The number of ether oxygens (including phenoxy) is 2. The molecule has 0 saturated carbocycles. The molecule has 1 saturated heterocycles. The summed E-state index contributed by atoms with van der Waals surface area (Å²) in [5, 5.41) is 0.246. The minimum Gasteiger partial charge on any atom is -0.342 e. The molecule has 2 atom stereocenters. The van der Waals surface area contributed by atoms with Crippen molar-refractivity contribution in [1.29, 1.82) is 0 Å². The molecule has 1 aliphatic heterocycles. The van der Waals surface area contributed by atoms with Crippen LogP contribution in [0.2, 0.25) is 0 Å². The van der Waals surface area contributed by atoms with E-state index in [0.29, 0.717) is 0 Å². The number of hydrogen-bond donors (Lipinski definition) is 0. The van der Waals surface area contributed by atoms with Gasteiger partial charge in [-0.2, -0.15) is 0 Å². The van der Waals surface area contributed by atoms with Gasteiger partial charge in [0, 0.05) is 11.6 Å². The summed E-state index contributed by atoms with van der Waals surface area (Å²) in [7, 11) is 0. The third-order valence-electron chi connectivity index (χ3n) is 2.55. The molecule has 2 nitrogen and oxygen atoms in total. The average molecular weight is 328 g/mol. The van der Waals surface area contributed by atoms with Crippen LogP contribution in [0.3, 0.4) is 0 Å². The van der Waals surface area contributed by atoms with Gasteiger partial charge < -0.3 is 9.47 Å². The number of rotatable bonds is 3. The van der Waals surface area contributed by atoms with E-state index in [1.807, 2.05) is 0 Å². The minimum absolute atomic E-state index is 0.170. The Morgan fingerprint density at radius 1 is 1.47 bits per heavy atom. The highest BCUT2D eigenvalue weighted by Gasteiger charge is 2.43. The normalized spacial score (nSPS) is 28.6. The lowest BCUT2D eigenvalue weighted by Gasteiger charge is -2.26. The Labute approximate surface area is 111 Å². The molecule has 17 heavy (non-hydrogen) atoms. The van der Waals surface area contributed by atoms with E-state index in [9.17, 15) is 8.78 Å². The highest BCUT2D eigenvalue weighted by molar-refractivity contribution is 9.09. The van der Waals surface area contributed by atoms with Gasteiger partial charge in [-0.15, -0.1) is 11.6 Å². The third-order valence-corrected chi connectivity index (χ3v) is 3.63. The maximum absolute atomic E-state index is 13.7. The van der Waals surface area contributed by atoms with E-state index in [-0.39, 0.29) is 29.5 Å². The van der Waals surface area contributed by atoms with Gasteiger partial charge in [-0.05, 0) is 12.1 Å². The van der Waals surface area contributed by atoms with Crippen LogP contribution in [0.25, 0.3) is 0 Å². The molecule has 1 heterocycles. The molecule has 0 spiro atoms. The standard InChI is InChI=1S/C11H10BrClF2O2/c12-6-11(16-5-8(4-13)17-11)9-2-1-7(14)3-10(9)15/h1-3,8H,4-6H2/t8-,11-/m1/s1. The van der Waals surface area contributed by atoms with Crippen molar-refractivity contribution in [2.24, 2.45) is 0 Å². The molecular formula is C11H10BrClF2O2. The Morgan fingerprint density at radius 3 is 2.76 bits per heavy atom. The van der Waals surface area contributed by atoms with E-state index < -0.39 is 17.4 Å². The maximum atomic E-state index is 13.7. The second-order valence-electron chi connectivity index (χ2n) is 3.72. The van der Waals surface area contributed by atoms with E-state index in [1.165, 1.54) is 12.1 Å². The van der Waals surface area contributed by atoms with Gasteiger partial charge in [-0.1, -0.05) is 15.9 Å². The first-order valence-corrected chi connectivity index (χ1v) is 6.66. The van der Waals surface area contributed by atoms with Crippen LogP contribution in [0.5, 0.6) is 0 Å². The lowest BCUT2D eigenvalue weighted by Crippen LogP contribution is -2.31. The number of benzene rings is 1. The first kappa shape index (κ1) is 13.2. The Balaban J connectivity index is 2.35. The van der Waals surface area contributed by atoms with Crippen molar-refractivity contribution in [1.82, 2.24) is 0 Å². The van der Waals surface area contributed by atoms with Gasteiger partial charge >= 0.3 is 0 Å². The van der Waals surface area contributed by atoms with Crippen LogP contribution in [0.4, 0.5) is 8.78 Å². The SMILES string of the molecule is Fc1ccc([C@]2(CBr)OC[C@@H](CCl)O2)c(F)c1. The summed E-state index contributed by atoms with van der Waals surface area (Å²) in [5.74, 6) is -2.29. The van der Waals surface area contributed by atoms with Crippen molar-refractivity contribution >= 4 is 27.5 Å². The summed E-state index contributed by atoms with van der Waals surface area (Å²) in [4.78, 5) is 0. The second-order valence-corrected chi connectivity index (χ2v) is 4.59. The molecule has 0 aromatic heterocycles. The first-order valence-electron chi connectivity index (χ1n) is 5.00. The molecule has 2 rings (SSSR count). The van der Waals surface area contributed by atoms with Crippen molar-refractivity contribution in [3.05, 3.63) is 35.4 Å². The largest absolute Gasteiger partial charge is 0.342 e. The highest BCUT2D eigenvalue weighted by Crippen LogP contribution is 2.37. The molecule has 0 aliphatic carbocycles. The number of hydrogen-bond acceptors (Lipinski definition) is 2.